The molecule has 0 heterocycles. The summed E-state index contributed by atoms with van der Waals surface area (Å²) in [6.07, 6.45) is 1.47. The highest BCUT2D eigenvalue weighted by atomic mass is 35.5. The quantitative estimate of drug-likeness (QED) is 0.535. The summed E-state index contributed by atoms with van der Waals surface area (Å²) in [6, 6.07) is 24.6. The second kappa shape index (κ2) is 7.95. The largest absolute Gasteiger partial charge is 0.372 e. The highest BCUT2D eigenvalue weighted by molar-refractivity contribution is 6.30. The van der Waals surface area contributed by atoms with Crippen molar-refractivity contribution in [2.75, 3.05) is 0 Å². The van der Waals surface area contributed by atoms with Crippen LogP contribution >= 0.6 is 11.6 Å². The summed E-state index contributed by atoms with van der Waals surface area (Å²) < 4.78 is 0. The van der Waals surface area contributed by atoms with Crippen LogP contribution in [0.3, 0.4) is 0 Å². The minimum absolute atomic E-state index is 0.460. The van der Waals surface area contributed by atoms with Crippen LogP contribution in [0.15, 0.2) is 90.0 Å². The Bertz CT molecular complexity index is 872. The first-order valence-corrected chi connectivity index (χ1v) is 8.41. The molecule has 0 radical (unpaired) electrons. The fourth-order valence-corrected chi connectivity index (χ4v) is 2.82. The zero-order valence-corrected chi connectivity index (χ0v) is 14.6. The maximum atomic E-state index is 12.8. The minimum atomic E-state index is -1.85. The van der Waals surface area contributed by atoms with E-state index in [1.54, 1.807) is 66.7 Å². The molecule has 0 spiro atoms. The summed E-state index contributed by atoms with van der Waals surface area (Å²) in [5.41, 5.74) is 2.23. The van der Waals surface area contributed by atoms with E-state index < -0.39 is 11.5 Å². The van der Waals surface area contributed by atoms with Gasteiger partial charge in [-0.3, -0.25) is 4.79 Å². The molecule has 0 aliphatic carbocycles. The molecule has 3 rings (SSSR count). The lowest BCUT2D eigenvalue weighted by molar-refractivity contribution is -0.136. The summed E-state index contributed by atoms with van der Waals surface area (Å²) in [5.74, 6) is -0.645. The molecule has 2 N–H and O–H groups in total. The number of carbonyl (C=O) groups is 1. The van der Waals surface area contributed by atoms with Crippen molar-refractivity contribution in [3.8, 4) is 0 Å². The molecular formula is C21H17ClN2O2. The molecule has 3 aromatic rings. The molecule has 0 bridgehead atoms. The Labute approximate surface area is 156 Å². The number of hydrogen-bond donors (Lipinski definition) is 2. The Hall–Kier alpha value is -2.95. The second-order valence-electron chi connectivity index (χ2n) is 5.70. The standard InChI is InChI=1S/C21H17ClN2O2/c22-19-13-7-8-16(14-19)15-23-24-20(25)21(26,17-9-3-1-4-10-17)18-11-5-2-6-12-18/h1-15,26H,(H,24,25)/b23-15-. The topological polar surface area (TPSA) is 61.7 Å². The van der Waals surface area contributed by atoms with Crippen LogP contribution in [-0.4, -0.2) is 17.2 Å². The number of halogens is 1. The van der Waals surface area contributed by atoms with Crippen molar-refractivity contribution in [3.63, 3.8) is 0 Å². The van der Waals surface area contributed by atoms with E-state index in [2.05, 4.69) is 10.5 Å². The monoisotopic (exact) mass is 364 g/mol. The van der Waals surface area contributed by atoms with Crippen molar-refractivity contribution in [2.24, 2.45) is 5.10 Å². The molecule has 26 heavy (non-hydrogen) atoms. The summed E-state index contributed by atoms with van der Waals surface area (Å²) in [5, 5.41) is 15.8. The fraction of sp³-hybridized carbons (Fsp3) is 0.0476. The Morgan fingerprint density at radius 2 is 1.50 bits per heavy atom. The predicted octanol–water partition coefficient (Wildman–Crippen LogP) is 3.73. The first kappa shape index (κ1) is 17.9. The van der Waals surface area contributed by atoms with E-state index in [1.165, 1.54) is 6.21 Å². The van der Waals surface area contributed by atoms with Crippen LogP contribution in [0, 0.1) is 0 Å². The van der Waals surface area contributed by atoms with Gasteiger partial charge in [0.05, 0.1) is 6.21 Å². The average Bonchev–Trinajstić information content (AvgIpc) is 2.68. The Balaban J connectivity index is 1.89. The number of hydrazone groups is 1. The lowest BCUT2D eigenvalue weighted by Gasteiger charge is -2.27. The summed E-state index contributed by atoms with van der Waals surface area (Å²) in [7, 11) is 0. The zero-order chi connectivity index (χ0) is 18.4. The van der Waals surface area contributed by atoms with E-state index in [9.17, 15) is 9.90 Å². The maximum absolute atomic E-state index is 12.8. The molecule has 5 heteroatoms. The Morgan fingerprint density at radius 1 is 0.923 bits per heavy atom. The number of carbonyl (C=O) groups excluding carboxylic acids is 1. The molecule has 130 valence electrons. The van der Waals surface area contributed by atoms with Crippen LogP contribution in [0.5, 0.6) is 0 Å². The van der Waals surface area contributed by atoms with Gasteiger partial charge in [-0.25, -0.2) is 5.43 Å². The average molecular weight is 365 g/mol. The van der Waals surface area contributed by atoms with Gasteiger partial charge in [-0.1, -0.05) is 84.4 Å². The van der Waals surface area contributed by atoms with Gasteiger partial charge in [0.2, 0.25) is 0 Å². The fourth-order valence-electron chi connectivity index (χ4n) is 2.62. The highest BCUT2D eigenvalue weighted by Crippen LogP contribution is 2.29. The van der Waals surface area contributed by atoms with Gasteiger partial charge in [-0.15, -0.1) is 0 Å². The lowest BCUT2D eigenvalue weighted by atomic mass is 9.85. The Morgan fingerprint density at radius 3 is 2.04 bits per heavy atom. The van der Waals surface area contributed by atoms with E-state index in [0.29, 0.717) is 16.1 Å². The molecule has 0 unspecified atom stereocenters. The number of nitrogens with one attached hydrogen (secondary N) is 1. The van der Waals surface area contributed by atoms with Crippen molar-refractivity contribution in [1.82, 2.24) is 5.43 Å². The van der Waals surface area contributed by atoms with Gasteiger partial charge in [0.1, 0.15) is 0 Å². The summed E-state index contributed by atoms with van der Waals surface area (Å²) in [4.78, 5) is 12.8. The molecule has 3 aromatic carbocycles. The third-order valence-electron chi connectivity index (χ3n) is 3.94. The minimum Gasteiger partial charge on any atom is -0.372 e. The third-order valence-corrected chi connectivity index (χ3v) is 4.18. The highest BCUT2D eigenvalue weighted by Gasteiger charge is 2.39. The van der Waals surface area contributed by atoms with Gasteiger partial charge in [-0.2, -0.15) is 5.10 Å². The van der Waals surface area contributed by atoms with E-state index in [0.717, 1.165) is 5.56 Å². The Kier molecular flexibility index (Phi) is 5.46. The zero-order valence-electron chi connectivity index (χ0n) is 13.8. The van der Waals surface area contributed by atoms with Crippen molar-refractivity contribution in [2.45, 2.75) is 5.60 Å². The van der Waals surface area contributed by atoms with E-state index >= 15 is 0 Å². The number of aliphatic hydroxyl groups is 1. The van der Waals surface area contributed by atoms with E-state index in [4.69, 9.17) is 11.6 Å². The third kappa shape index (κ3) is 3.82. The van der Waals surface area contributed by atoms with E-state index in [1.807, 2.05) is 18.2 Å². The van der Waals surface area contributed by atoms with Gasteiger partial charge in [0.15, 0.2) is 5.60 Å². The van der Waals surface area contributed by atoms with Crippen LogP contribution in [0.25, 0.3) is 0 Å². The number of rotatable bonds is 5. The maximum Gasteiger partial charge on any atom is 0.281 e. The van der Waals surface area contributed by atoms with E-state index in [-0.39, 0.29) is 0 Å². The van der Waals surface area contributed by atoms with Crippen LogP contribution < -0.4 is 5.43 Å². The number of amides is 1. The number of nitrogens with zero attached hydrogens (tertiary/aromatic N) is 1. The molecule has 0 aliphatic rings. The van der Waals surface area contributed by atoms with Crippen molar-refractivity contribution >= 4 is 23.7 Å². The first-order valence-electron chi connectivity index (χ1n) is 8.03. The van der Waals surface area contributed by atoms with Gasteiger partial charge >= 0.3 is 0 Å². The van der Waals surface area contributed by atoms with Crippen molar-refractivity contribution in [3.05, 3.63) is 107 Å². The summed E-state index contributed by atoms with van der Waals surface area (Å²) >= 11 is 5.93. The molecule has 0 saturated heterocycles. The lowest BCUT2D eigenvalue weighted by Crippen LogP contribution is -2.43. The number of hydrogen-bond acceptors (Lipinski definition) is 3. The molecule has 0 saturated carbocycles. The molecule has 0 fully saturated rings. The molecule has 4 nitrogen and oxygen atoms in total. The SMILES string of the molecule is O=C(N/N=C\c1cccc(Cl)c1)C(O)(c1ccccc1)c1ccccc1. The van der Waals surface area contributed by atoms with Crippen LogP contribution in [-0.2, 0) is 10.4 Å². The van der Waals surface area contributed by atoms with Gasteiger partial charge < -0.3 is 5.11 Å². The second-order valence-corrected chi connectivity index (χ2v) is 6.13. The molecule has 0 atom stereocenters. The molecule has 0 aromatic heterocycles. The predicted molar refractivity (Wildman–Crippen MR) is 103 cm³/mol. The molecule has 1 amide bonds. The van der Waals surface area contributed by atoms with Gasteiger partial charge in [0, 0.05) is 5.02 Å². The van der Waals surface area contributed by atoms with Crippen LogP contribution in [0.2, 0.25) is 5.02 Å². The normalized spacial score (nSPS) is 11.5. The van der Waals surface area contributed by atoms with Crippen LogP contribution in [0.4, 0.5) is 0 Å². The van der Waals surface area contributed by atoms with Gasteiger partial charge in [0.25, 0.3) is 5.91 Å². The van der Waals surface area contributed by atoms with Crippen molar-refractivity contribution in [1.29, 1.82) is 0 Å². The summed E-state index contributed by atoms with van der Waals surface area (Å²) in [6.45, 7) is 0. The molecule has 0 aliphatic heterocycles. The molecular weight excluding hydrogens is 348 g/mol. The van der Waals surface area contributed by atoms with Crippen molar-refractivity contribution < 1.29 is 9.90 Å². The van der Waals surface area contributed by atoms with Crippen LogP contribution in [0.1, 0.15) is 16.7 Å². The number of benzene rings is 3. The van der Waals surface area contributed by atoms with Gasteiger partial charge in [-0.05, 0) is 28.8 Å². The first-order chi connectivity index (χ1) is 12.6. The smallest absolute Gasteiger partial charge is 0.281 e.